The summed E-state index contributed by atoms with van der Waals surface area (Å²) in [7, 11) is 3.40. The normalized spacial score (nSPS) is 16.7. The molecule has 0 radical (unpaired) electrons. The first-order valence-electron chi connectivity index (χ1n) is 3.38. The Morgan fingerprint density at radius 2 is 2.00 bits per heavy atom. The summed E-state index contributed by atoms with van der Waals surface area (Å²) in [6.45, 7) is 0. The van der Waals surface area contributed by atoms with Crippen molar-refractivity contribution in [3.8, 4) is 0 Å². The molecule has 0 heterocycles. The number of rotatable bonds is 1. The van der Waals surface area contributed by atoms with Gasteiger partial charge in [-0.15, -0.1) is 0 Å². The molecule has 0 aliphatic heterocycles. The third-order valence-corrected chi connectivity index (χ3v) is 1.54. The zero-order valence-electron chi connectivity index (χ0n) is 6.37. The van der Waals surface area contributed by atoms with Crippen molar-refractivity contribution < 1.29 is 4.79 Å². The van der Waals surface area contributed by atoms with E-state index in [1.165, 1.54) is 9.91 Å². The van der Waals surface area contributed by atoms with Gasteiger partial charge < -0.3 is 4.90 Å². The molecule has 58 valence electrons. The van der Waals surface area contributed by atoms with Crippen molar-refractivity contribution in [1.82, 2.24) is 9.91 Å². The first-order chi connectivity index (χ1) is 4.63. The van der Waals surface area contributed by atoms with E-state index >= 15 is 0 Å². The van der Waals surface area contributed by atoms with Crippen molar-refractivity contribution >= 4 is 6.03 Å². The van der Waals surface area contributed by atoms with E-state index < -0.39 is 0 Å². The Morgan fingerprint density at radius 1 is 1.50 bits per heavy atom. The summed E-state index contributed by atoms with van der Waals surface area (Å²) >= 11 is 0. The minimum absolute atomic E-state index is 0.109. The molecule has 1 saturated carbocycles. The van der Waals surface area contributed by atoms with Gasteiger partial charge in [-0.25, -0.2) is 10.6 Å². The average molecular weight is 143 g/mol. The van der Waals surface area contributed by atoms with Crippen molar-refractivity contribution in [3.63, 3.8) is 0 Å². The van der Waals surface area contributed by atoms with Crippen LogP contribution in [0.15, 0.2) is 0 Å². The Bertz CT molecular complexity index is 142. The second-order valence-electron chi connectivity index (χ2n) is 2.82. The van der Waals surface area contributed by atoms with Gasteiger partial charge in [-0.2, -0.15) is 0 Å². The standard InChI is InChI=1S/C6H13N3O/c1-8(2)6(10)9(7)5-3-4-5/h5H,3-4,7H2,1-2H3. The fraction of sp³-hybridized carbons (Fsp3) is 0.833. The molecule has 1 fully saturated rings. The molecule has 10 heavy (non-hydrogen) atoms. The molecule has 0 saturated heterocycles. The number of amides is 2. The summed E-state index contributed by atoms with van der Waals surface area (Å²) in [5.41, 5.74) is 0. The van der Waals surface area contributed by atoms with Crippen LogP contribution in [0.3, 0.4) is 0 Å². The molecule has 0 bridgehead atoms. The first kappa shape index (κ1) is 7.34. The van der Waals surface area contributed by atoms with E-state index in [9.17, 15) is 4.79 Å². The highest BCUT2D eigenvalue weighted by molar-refractivity contribution is 5.73. The Labute approximate surface area is 60.5 Å². The first-order valence-corrected chi connectivity index (χ1v) is 3.38. The lowest BCUT2D eigenvalue weighted by molar-refractivity contribution is 0.169. The highest BCUT2D eigenvalue weighted by Crippen LogP contribution is 2.24. The van der Waals surface area contributed by atoms with Gasteiger partial charge in [-0.05, 0) is 12.8 Å². The molecule has 1 aliphatic rings. The zero-order valence-corrected chi connectivity index (χ0v) is 6.37. The molecule has 0 unspecified atom stereocenters. The van der Waals surface area contributed by atoms with Crippen LogP contribution >= 0.6 is 0 Å². The minimum Gasteiger partial charge on any atom is -0.330 e. The molecule has 2 amide bonds. The summed E-state index contributed by atoms with van der Waals surface area (Å²) in [5.74, 6) is 5.47. The van der Waals surface area contributed by atoms with Crippen LogP contribution in [0.2, 0.25) is 0 Å². The molecule has 1 rings (SSSR count). The SMILES string of the molecule is CN(C)C(=O)N(N)C1CC1. The van der Waals surface area contributed by atoms with E-state index in [-0.39, 0.29) is 6.03 Å². The van der Waals surface area contributed by atoms with Gasteiger partial charge in [-0.1, -0.05) is 0 Å². The Morgan fingerprint density at radius 3 is 2.30 bits per heavy atom. The number of nitrogens with two attached hydrogens (primary N) is 1. The maximum atomic E-state index is 11.1. The Hall–Kier alpha value is -0.770. The number of urea groups is 1. The average Bonchev–Trinajstić information content (AvgIpc) is 2.65. The molecule has 0 aromatic rings. The summed E-state index contributed by atoms with van der Waals surface area (Å²) in [6, 6.07) is 0.192. The van der Waals surface area contributed by atoms with E-state index in [0.717, 1.165) is 12.8 Å². The summed E-state index contributed by atoms with van der Waals surface area (Å²) < 4.78 is 0. The molecular weight excluding hydrogens is 130 g/mol. The number of nitrogens with zero attached hydrogens (tertiary/aromatic N) is 2. The van der Waals surface area contributed by atoms with Gasteiger partial charge in [0.05, 0.1) is 6.04 Å². The van der Waals surface area contributed by atoms with Crippen LogP contribution in [0.5, 0.6) is 0 Å². The number of hydrazine groups is 1. The fourth-order valence-electron chi connectivity index (χ4n) is 0.740. The maximum absolute atomic E-state index is 11.1. The van der Waals surface area contributed by atoms with Gasteiger partial charge in [0, 0.05) is 14.1 Å². The second kappa shape index (κ2) is 2.46. The van der Waals surface area contributed by atoms with Crippen molar-refractivity contribution in [1.29, 1.82) is 0 Å². The smallest absolute Gasteiger partial charge is 0.330 e. The molecule has 4 heteroatoms. The van der Waals surface area contributed by atoms with E-state index in [1.807, 2.05) is 0 Å². The predicted octanol–water partition coefficient (Wildman–Crippen LogP) is 0.00610. The van der Waals surface area contributed by atoms with Crippen LogP contribution in [0.4, 0.5) is 4.79 Å². The van der Waals surface area contributed by atoms with Gasteiger partial charge in [0.25, 0.3) is 0 Å². The monoisotopic (exact) mass is 143 g/mol. The van der Waals surface area contributed by atoms with Gasteiger partial charge in [0.1, 0.15) is 0 Å². The van der Waals surface area contributed by atoms with Crippen molar-refractivity contribution in [2.75, 3.05) is 14.1 Å². The number of carbonyl (C=O) groups excluding carboxylic acids is 1. The fourth-order valence-corrected chi connectivity index (χ4v) is 0.740. The third-order valence-electron chi connectivity index (χ3n) is 1.54. The lowest BCUT2D eigenvalue weighted by atomic mass is 10.6. The summed E-state index contributed by atoms with van der Waals surface area (Å²) in [6.07, 6.45) is 2.10. The van der Waals surface area contributed by atoms with Crippen LogP contribution in [-0.2, 0) is 0 Å². The molecule has 0 atom stereocenters. The van der Waals surface area contributed by atoms with E-state index in [0.29, 0.717) is 6.04 Å². The molecule has 1 aliphatic carbocycles. The molecule has 0 spiro atoms. The largest absolute Gasteiger partial charge is 0.333 e. The predicted molar refractivity (Wildman–Crippen MR) is 38.1 cm³/mol. The second-order valence-corrected chi connectivity index (χ2v) is 2.82. The van der Waals surface area contributed by atoms with Crippen molar-refractivity contribution in [2.45, 2.75) is 18.9 Å². The molecule has 0 aromatic carbocycles. The van der Waals surface area contributed by atoms with Gasteiger partial charge in [0.2, 0.25) is 0 Å². The number of hydrogen-bond donors (Lipinski definition) is 1. The van der Waals surface area contributed by atoms with E-state index in [4.69, 9.17) is 5.84 Å². The van der Waals surface area contributed by atoms with Crippen LogP contribution < -0.4 is 5.84 Å². The van der Waals surface area contributed by atoms with Gasteiger partial charge in [0.15, 0.2) is 0 Å². The van der Waals surface area contributed by atoms with Crippen LogP contribution in [0, 0.1) is 0 Å². The third kappa shape index (κ3) is 1.39. The van der Waals surface area contributed by atoms with Crippen molar-refractivity contribution in [2.24, 2.45) is 5.84 Å². The zero-order chi connectivity index (χ0) is 7.72. The van der Waals surface area contributed by atoms with Crippen molar-refractivity contribution in [3.05, 3.63) is 0 Å². The highest BCUT2D eigenvalue weighted by Gasteiger charge is 2.31. The van der Waals surface area contributed by atoms with Gasteiger partial charge >= 0.3 is 6.03 Å². The quantitative estimate of drug-likeness (QED) is 0.319. The maximum Gasteiger partial charge on any atom is 0.333 e. The lowest BCUT2D eigenvalue weighted by Crippen LogP contribution is -2.45. The summed E-state index contributed by atoms with van der Waals surface area (Å²) in [4.78, 5) is 12.5. The molecule has 0 aromatic heterocycles. The Balaban J connectivity index is 2.38. The van der Waals surface area contributed by atoms with Crippen LogP contribution in [-0.4, -0.2) is 36.1 Å². The van der Waals surface area contributed by atoms with E-state index in [2.05, 4.69) is 0 Å². The lowest BCUT2D eigenvalue weighted by Gasteiger charge is -2.20. The van der Waals surface area contributed by atoms with E-state index in [1.54, 1.807) is 14.1 Å². The van der Waals surface area contributed by atoms with Gasteiger partial charge in [-0.3, -0.25) is 5.01 Å². The number of hydrogen-bond acceptors (Lipinski definition) is 2. The number of carbonyl (C=O) groups is 1. The topological polar surface area (TPSA) is 49.6 Å². The summed E-state index contributed by atoms with van der Waals surface area (Å²) in [5, 5.41) is 1.31. The van der Waals surface area contributed by atoms with Crippen LogP contribution in [0.1, 0.15) is 12.8 Å². The minimum atomic E-state index is -0.109. The Kier molecular flexibility index (Phi) is 1.80. The molecular formula is C6H13N3O. The highest BCUT2D eigenvalue weighted by atomic mass is 16.2. The molecule has 2 N–H and O–H groups in total. The molecule has 4 nitrogen and oxygen atoms in total. The van der Waals surface area contributed by atoms with Crippen LogP contribution in [0.25, 0.3) is 0 Å².